The number of carbonyl (C=O) groups is 1. The quantitative estimate of drug-likeness (QED) is 0.347. The fraction of sp³-hybridized carbons (Fsp3) is 0.421. The highest BCUT2D eigenvalue weighted by molar-refractivity contribution is 14.0. The number of hydrogen-bond donors (Lipinski definition) is 3. The van der Waals surface area contributed by atoms with Crippen LogP contribution in [0.1, 0.15) is 25.6 Å². The van der Waals surface area contributed by atoms with Gasteiger partial charge < -0.3 is 20.5 Å². The van der Waals surface area contributed by atoms with E-state index in [4.69, 9.17) is 0 Å². The van der Waals surface area contributed by atoms with Crippen LogP contribution in [0.4, 0.5) is 0 Å². The van der Waals surface area contributed by atoms with Gasteiger partial charge in [0, 0.05) is 32.6 Å². The van der Waals surface area contributed by atoms with Crippen LogP contribution in [0, 0.1) is 0 Å². The minimum atomic E-state index is 0. The van der Waals surface area contributed by atoms with E-state index in [9.17, 15) is 4.79 Å². The summed E-state index contributed by atoms with van der Waals surface area (Å²) in [7, 11) is 1.75. The second-order valence-electron chi connectivity index (χ2n) is 6.36. The van der Waals surface area contributed by atoms with Crippen molar-refractivity contribution in [2.75, 3.05) is 20.1 Å². The molecular weight excluding hydrogens is 455 g/mol. The number of hydrogen-bond acceptors (Lipinski definition) is 3. The van der Waals surface area contributed by atoms with E-state index in [1.165, 1.54) is 0 Å². The van der Waals surface area contributed by atoms with Crippen molar-refractivity contribution in [1.82, 2.24) is 25.5 Å². The summed E-state index contributed by atoms with van der Waals surface area (Å²) in [6.45, 7) is 3.99. The van der Waals surface area contributed by atoms with E-state index in [-0.39, 0.29) is 35.9 Å². The Bertz CT molecular complexity index is 761. The lowest BCUT2D eigenvalue weighted by molar-refractivity contribution is -0.129. The first-order valence-corrected chi connectivity index (χ1v) is 9.04. The fourth-order valence-corrected chi connectivity index (χ4v) is 3.10. The monoisotopic (exact) mass is 482 g/mol. The van der Waals surface area contributed by atoms with Crippen LogP contribution in [0.2, 0.25) is 0 Å². The summed E-state index contributed by atoms with van der Waals surface area (Å²) >= 11 is 0. The number of nitrogens with zero attached hydrogens (tertiary/aromatic N) is 3. The molecule has 27 heavy (non-hydrogen) atoms. The van der Waals surface area contributed by atoms with Gasteiger partial charge in [0.2, 0.25) is 5.91 Å². The van der Waals surface area contributed by atoms with Crippen molar-refractivity contribution in [3.8, 4) is 11.3 Å². The standard InChI is InChI=1S/C19H26N6O.HI/c1-3-18(26)25-10-9-15(13-25)23-19(20-2)22-12-17-21-11-16(24-17)14-7-5-4-6-8-14;/h4-8,11,15H,3,9-10,12-13H2,1-2H3,(H,21,24)(H2,20,22,23);1H. The highest BCUT2D eigenvalue weighted by Crippen LogP contribution is 2.16. The molecule has 2 aromatic rings. The van der Waals surface area contributed by atoms with Gasteiger partial charge in [0.05, 0.1) is 18.4 Å². The van der Waals surface area contributed by atoms with Gasteiger partial charge in [-0.25, -0.2) is 4.98 Å². The topological polar surface area (TPSA) is 85.4 Å². The number of benzene rings is 1. The van der Waals surface area contributed by atoms with Crippen LogP contribution >= 0.6 is 24.0 Å². The number of rotatable bonds is 5. The molecule has 1 atom stereocenters. The van der Waals surface area contributed by atoms with E-state index >= 15 is 0 Å². The van der Waals surface area contributed by atoms with Gasteiger partial charge >= 0.3 is 0 Å². The number of carbonyl (C=O) groups excluding carboxylic acids is 1. The zero-order chi connectivity index (χ0) is 18.4. The second kappa shape index (κ2) is 10.3. The number of nitrogens with one attached hydrogen (secondary N) is 3. The van der Waals surface area contributed by atoms with Gasteiger partial charge in [-0.3, -0.25) is 9.79 Å². The molecule has 1 aromatic heterocycles. The largest absolute Gasteiger partial charge is 0.352 e. The summed E-state index contributed by atoms with van der Waals surface area (Å²) in [6.07, 6.45) is 3.33. The predicted octanol–water partition coefficient (Wildman–Crippen LogP) is 2.37. The van der Waals surface area contributed by atoms with Gasteiger partial charge in [-0.1, -0.05) is 37.3 Å². The van der Waals surface area contributed by atoms with Crippen molar-refractivity contribution < 1.29 is 4.79 Å². The molecule has 0 bridgehead atoms. The van der Waals surface area contributed by atoms with Crippen LogP contribution in [0.5, 0.6) is 0 Å². The van der Waals surface area contributed by atoms with Crippen LogP contribution in [-0.2, 0) is 11.3 Å². The second-order valence-corrected chi connectivity index (χ2v) is 6.36. The Labute approximate surface area is 177 Å². The Balaban J connectivity index is 0.00000261. The summed E-state index contributed by atoms with van der Waals surface area (Å²) in [4.78, 5) is 25.7. The fourth-order valence-electron chi connectivity index (χ4n) is 3.10. The van der Waals surface area contributed by atoms with Gasteiger partial charge in [0.15, 0.2) is 5.96 Å². The zero-order valence-electron chi connectivity index (χ0n) is 15.7. The van der Waals surface area contributed by atoms with Crippen LogP contribution in [-0.4, -0.2) is 52.9 Å². The molecule has 0 radical (unpaired) electrons. The van der Waals surface area contributed by atoms with E-state index in [0.29, 0.717) is 13.0 Å². The number of aliphatic imine (C=N–C) groups is 1. The molecule has 8 heteroatoms. The number of likely N-dealkylation sites (tertiary alicyclic amines) is 1. The van der Waals surface area contributed by atoms with Crippen molar-refractivity contribution >= 4 is 35.8 Å². The summed E-state index contributed by atoms with van der Waals surface area (Å²) in [5.74, 6) is 1.78. The molecule has 1 aromatic carbocycles. The Morgan fingerprint density at radius 3 is 2.85 bits per heavy atom. The van der Waals surface area contributed by atoms with Crippen LogP contribution < -0.4 is 10.6 Å². The zero-order valence-corrected chi connectivity index (χ0v) is 18.1. The van der Waals surface area contributed by atoms with Crippen molar-refractivity contribution in [2.24, 2.45) is 4.99 Å². The average molecular weight is 482 g/mol. The molecule has 7 nitrogen and oxygen atoms in total. The first-order chi connectivity index (χ1) is 12.7. The minimum absolute atomic E-state index is 0. The highest BCUT2D eigenvalue weighted by Gasteiger charge is 2.25. The maximum Gasteiger partial charge on any atom is 0.222 e. The molecular formula is C19H27IN6O. The molecule has 1 amide bonds. The summed E-state index contributed by atoms with van der Waals surface area (Å²) < 4.78 is 0. The Morgan fingerprint density at radius 1 is 1.37 bits per heavy atom. The van der Waals surface area contributed by atoms with Gasteiger partial charge in [0.25, 0.3) is 0 Å². The third-order valence-electron chi connectivity index (χ3n) is 4.54. The lowest BCUT2D eigenvalue weighted by Gasteiger charge is -2.18. The lowest BCUT2D eigenvalue weighted by atomic mass is 10.2. The number of halogens is 1. The van der Waals surface area contributed by atoms with Crippen molar-refractivity contribution in [3.05, 3.63) is 42.4 Å². The minimum Gasteiger partial charge on any atom is -0.352 e. The normalized spacial score (nSPS) is 16.7. The summed E-state index contributed by atoms with van der Waals surface area (Å²) in [5.41, 5.74) is 2.11. The molecule has 0 saturated carbocycles. The Morgan fingerprint density at radius 2 is 2.15 bits per heavy atom. The van der Waals surface area contributed by atoms with Crippen LogP contribution in [0.25, 0.3) is 11.3 Å². The number of amides is 1. The van der Waals surface area contributed by atoms with Crippen molar-refractivity contribution in [2.45, 2.75) is 32.4 Å². The lowest BCUT2D eigenvalue weighted by Crippen LogP contribution is -2.44. The Kier molecular flexibility index (Phi) is 8.08. The third kappa shape index (κ3) is 5.69. The third-order valence-corrected chi connectivity index (χ3v) is 4.54. The number of aromatic amines is 1. The average Bonchev–Trinajstić information content (AvgIpc) is 3.35. The van der Waals surface area contributed by atoms with Crippen molar-refractivity contribution in [3.63, 3.8) is 0 Å². The molecule has 3 rings (SSSR count). The van der Waals surface area contributed by atoms with E-state index in [1.807, 2.05) is 36.2 Å². The van der Waals surface area contributed by atoms with Gasteiger partial charge in [-0.2, -0.15) is 0 Å². The molecule has 0 aliphatic carbocycles. The molecule has 1 aliphatic rings. The molecule has 0 spiro atoms. The predicted molar refractivity (Wildman–Crippen MR) is 118 cm³/mol. The van der Waals surface area contributed by atoms with Crippen LogP contribution in [0.15, 0.2) is 41.5 Å². The molecule has 1 unspecified atom stereocenters. The van der Waals surface area contributed by atoms with E-state index in [2.05, 4.69) is 37.7 Å². The van der Waals surface area contributed by atoms with Gasteiger partial charge in [-0.05, 0) is 12.0 Å². The Hall–Kier alpha value is -2.10. The van der Waals surface area contributed by atoms with Crippen LogP contribution in [0.3, 0.4) is 0 Å². The molecule has 3 N–H and O–H groups in total. The first kappa shape index (κ1) is 21.2. The number of guanidine groups is 1. The van der Waals surface area contributed by atoms with E-state index in [0.717, 1.165) is 42.6 Å². The molecule has 1 aliphatic heterocycles. The maximum atomic E-state index is 11.8. The molecule has 2 heterocycles. The SMILES string of the molecule is CCC(=O)N1CCC(NC(=NC)NCc2ncc(-c3ccccc3)[nH]2)C1.I. The number of H-pyrrole nitrogens is 1. The summed E-state index contributed by atoms with van der Waals surface area (Å²) in [5, 5.41) is 6.66. The number of aromatic nitrogens is 2. The number of imidazole rings is 1. The van der Waals surface area contributed by atoms with E-state index < -0.39 is 0 Å². The van der Waals surface area contributed by atoms with E-state index in [1.54, 1.807) is 7.05 Å². The van der Waals surface area contributed by atoms with Gasteiger partial charge in [0.1, 0.15) is 5.82 Å². The summed E-state index contributed by atoms with van der Waals surface area (Å²) in [6, 6.07) is 10.3. The molecule has 146 valence electrons. The molecule has 1 saturated heterocycles. The maximum absolute atomic E-state index is 11.8. The highest BCUT2D eigenvalue weighted by atomic mass is 127. The van der Waals surface area contributed by atoms with Crippen molar-refractivity contribution in [1.29, 1.82) is 0 Å². The smallest absolute Gasteiger partial charge is 0.222 e. The first-order valence-electron chi connectivity index (χ1n) is 9.04. The van der Waals surface area contributed by atoms with Gasteiger partial charge in [-0.15, -0.1) is 24.0 Å². The molecule has 1 fully saturated rings.